The van der Waals surface area contributed by atoms with Crippen molar-refractivity contribution in [2.45, 2.75) is 24.1 Å². The minimum absolute atomic E-state index is 0.377. The van der Waals surface area contributed by atoms with Crippen LogP contribution in [0.15, 0.2) is 39.7 Å². The fourth-order valence-electron chi connectivity index (χ4n) is 1.66. The molecule has 0 aliphatic heterocycles. The Balaban J connectivity index is 2.06. The number of aryl methyl sites for hydroxylation is 1. The van der Waals surface area contributed by atoms with Gasteiger partial charge in [0.2, 0.25) is 9.84 Å². The first-order valence-electron chi connectivity index (χ1n) is 5.91. The van der Waals surface area contributed by atoms with E-state index in [0.29, 0.717) is 12.2 Å². The number of halogens is 3. The number of rotatable bonds is 5. The van der Waals surface area contributed by atoms with Crippen molar-refractivity contribution in [1.29, 1.82) is 0 Å². The van der Waals surface area contributed by atoms with Gasteiger partial charge in [-0.05, 0) is 53.2 Å². The van der Waals surface area contributed by atoms with Crippen LogP contribution < -0.4 is 5.32 Å². The van der Waals surface area contributed by atoms with Crippen molar-refractivity contribution in [3.63, 3.8) is 0 Å². The van der Waals surface area contributed by atoms with Crippen LogP contribution in [0.1, 0.15) is 9.75 Å². The lowest BCUT2D eigenvalue weighted by Gasteiger charge is -2.07. The normalized spacial score (nSPS) is 11.9. The molecule has 1 N–H and O–H groups in total. The Morgan fingerprint density at radius 2 is 1.90 bits per heavy atom. The fraction of sp³-hybridized carbons (Fsp3) is 0.231. The Labute approximate surface area is 134 Å². The van der Waals surface area contributed by atoms with E-state index < -0.39 is 15.6 Å². The zero-order chi connectivity index (χ0) is 15.6. The van der Waals surface area contributed by atoms with Gasteiger partial charge in [-0.15, -0.1) is 11.3 Å². The van der Waals surface area contributed by atoms with E-state index in [2.05, 4.69) is 21.2 Å². The second-order valence-electron chi connectivity index (χ2n) is 4.30. The highest BCUT2D eigenvalue weighted by molar-refractivity contribution is 9.10. The molecule has 21 heavy (non-hydrogen) atoms. The second kappa shape index (κ2) is 6.41. The summed E-state index contributed by atoms with van der Waals surface area (Å²) in [4.78, 5) is 1.91. The van der Waals surface area contributed by atoms with Crippen molar-refractivity contribution in [3.05, 3.63) is 44.6 Å². The van der Waals surface area contributed by atoms with E-state index in [1.54, 1.807) is 11.3 Å². The lowest BCUT2D eigenvalue weighted by atomic mass is 10.3. The molecule has 8 heteroatoms. The zero-order valence-corrected chi connectivity index (χ0v) is 14.2. The lowest BCUT2D eigenvalue weighted by molar-refractivity contribution is 0.234. The number of thiophene rings is 1. The molecule has 0 aliphatic carbocycles. The number of hydrogen-bond acceptors (Lipinski definition) is 4. The van der Waals surface area contributed by atoms with Gasteiger partial charge in [-0.2, -0.15) is 8.78 Å². The molecule has 2 rings (SSSR count). The van der Waals surface area contributed by atoms with Crippen LogP contribution in [0.25, 0.3) is 0 Å². The third-order valence-corrected chi connectivity index (χ3v) is 6.33. The first-order valence-corrected chi connectivity index (χ1v) is 9.07. The molecule has 1 aromatic heterocycles. The molecular weight excluding hydrogens is 384 g/mol. The van der Waals surface area contributed by atoms with E-state index in [1.165, 1.54) is 29.1 Å². The van der Waals surface area contributed by atoms with Crippen LogP contribution in [0.5, 0.6) is 0 Å². The van der Waals surface area contributed by atoms with E-state index in [9.17, 15) is 17.2 Å². The maximum atomic E-state index is 12.4. The van der Waals surface area contributed by atoms with Gasteiger partial charge >= 0.3 is 5.76 Å². The highest BCUT2D eigenvalue weighted by Crippen LogP contribution is 2.27. The topological polar surface area (TPSA) is 46.2 Å². The Hall–Kier alpha value is -0.990. The standard InChI is InChI=1S/C13H12BrF2NO2S2/c1-8-12(14)6-10(20-8)7-17-9-2-4-11(5-3-9)21(18,19)13(15)16/h2-6,13,17H,7H2,1H3. The Bertz CT molecular complexity index is 708. The van der Waals surface area contributed by atoms with Crippen LogP contribution in [-0.2, 0) is 16.4 Å². The quantitative estimate of drug-likeness (QED) is 0.814. The summed E-state index contributed by atoms with van der Waals surface area (Å²) in [5, 5.41) is 3.12. The highest BCUT2D eigenvalue weighted by atomic mass is 79.9. The minimum Gasteiger partial charge on any atom is -0.380 e. The fourth-order valence-corrected chi connectivity index (χ4v) is 3.92. The predicted octanol–water partition coefficient (Wildman–Crippen LogP) is 4.43. The molecule has 3 nitrogen and oxygen atoms in total. The summed E-state index contributed by atoms with van der Waals surface area (Å²) in [6.45, 7) is 2.58. The Morgan fingerprint density at radius 3 is 2.38 bits per heavy atom. The second-order valence-corrected chi connectivity index (χ2v) is 8.41. The summed E-state index contributed by atoms with van der Waals surface area (Å²) in [6.07, 6.45) is 0. The number of anilines is 1. The minimum atomic E-state index is -4.53. The maximum absolute atomic E-state index is 12.4. The summed E-state index contributed by atoms with van der Waals surface area (Å²) in [6, 6.07) is 7.32. The average Bonchev–Trinajstić information content (AvgIpc) is 2.76. The van der Waals surface area contributed by atoms with Gasteiger partial charge in [-0.25, -0.2) is 8.42 Å². The van der Waals surface area contributed by atoms with Crippen LogP contribution in [0.2, 0.25) is 0 Å². The largest absolute Gasteiger partial charge is 0.380 e. The smallest absolute Gasteiger partial charge is 0.341 e. The molecule has 1 aromatic carbocycles. The molecule has 0 radical (unpaired) electrons. The van der Waals surface area contributed by atoms with Crippen LogP contribution in [0, 0.1) is 6.92 Å². The van der Waals surface area contributed by atoms with Gasteiger partial charge in [0, 0.05) is 26.5 Å². The first-order chi connectivity index (χ1) is 9.80. The molecule has 114 valence electrons. The molecule has 1 heterocycles. The number of nitrogens with one attached hydrogen (secondary N) is 1. The van der Waals surface area contributed by atoms with E-state index in [1.807, 2.05) is 13.0 Å². The molecule has 0 aliphatic rings. The first kappa shape index (κ1) is 16.4. The van der Waals surface area contributed by atoms with E-state index in [0.717, 1.165) is 9.35 Å². The summed E-state index contributed by atoms with van der Waals surface area (Å²) < 4.78 is 48.4. The van der Waals surface area contributed by atoms with Crippen molar-refractivity contribution >= 4 is 42.8 Å². The molecule has 0 atom stereocenters. The number of hydrogen-bond donors (Lipinski definition) is 1. The van der Waals surface area contributed by atoms with Gasteiger partial charge in [-0.1, -0.05) is 0 Å². The van der Waals surface area contributed by atoms with Crippen LogP contribution >= 0.6 is 27.3 Å². The number of alkyl halides is 2. The molecule has 0 fully saturated rings. The summed E-state index contributed by atoms with van der Waals surface area (Å²) >= 11 is 5.07. The van der Waals surface area contributed by atoms with Gasteiger partial charge in [0.05, 0.1) is 4.90 Å². The van der Waals surface area contributed by atoms with Crippen LogP contribution in [-0.4, -0.2) is 14.2 Å². The molecule has 0 unspecified atom stereocenters. The average molecular weight is 396 g/mol. The lowest BCUT2D eigenvalue weighted by Crippen LogP contribution is -2.11. The van der Waals surface area contributed by atoms with Crippen molar-refractivity contribution in [1.82, 2.24) is 0 Å². The number of benzene rings is 1. The van der Waals surface area contributed by atoms with Gasteiger partial charge in [0.15, 0.2) is 0 Å². The van der Waals surface area contributed by atoms with Crippen molar-refractivity contribution in [2.24, 2.45) is 0 Å². The summed E-state index contributed by atoms with van der Waals surface area (Å²) in [7, 11) is -4.53. The van der Waals surface area contributed by atoms with Gasteiger partial charge in [0.1, 0.15) is 0 Å². The number of sulfone groups is 1. The zero-order valence-electron chi connectivity index (χ0n) is 10.9. The third kappa shape index (κ3) is 3.81. The Kier molecular flexibility index (Phi) is 5.00. The van der Waals surface area contributed by atoms with E-state index in [4.69, 9.17) is 0 Å². The molecule has 0 spiro atoms. The maximum Gasteiger partial charge on any atom is 0.341 e. The van der Waals surface area contributed by atoms with Gasteiger partial charge in [-0.3, -0.25) is 0 Å². The van der Waals surface area contributed by atoms with E-state index in [-0.39, 0.29) is 4.90 Å². The molecule has 2 aromatic rings. The molecular formula is C13H12BrF2NO2S2. The SMILES string of the molecule is Cc1sc(CNc2ccc(S(=O)(=O)C(F)F)cc2)cc1Br. The van der Waals surface area contributed by atoms with E-state index >= 15 is 0 Å². The molecule has 0 bridgehead atoms. The predicted molar refractivity (Wildman–Crippen MR) is 83.7 cm³/mol. The highest BCUT2D eigenvalue weighted by Gasteiger charge is 2.26. The Morgan fingerprint density at radius 1 is 1.29 bits per heavy atom. The van der Waals surface area contributed by atoms with Crippen LogP contribution in [0.3, 0.4) is 0 Å². The summed E-state index contributed by atoms with van der Waals surface area (Å²) in [5.74, 6) is -3.40. The molecule has 0 amide bonds. The third-order valence-electron chi connectivity index (χ3n) is 2.79. The van der Waals surface area contributed by atoms with Crippen LogP contribution in [0.4, 0.5) is 14.5 Å². The molecule has 0 saturated carbocycles. The van der Waals surface area contributed by atoms with Gasteiger partial charge < -0.3 is 5.32 Å². The molecule has 0 saturated heterocycles. The summed E-state index contributed by atoms with van der Waals surface area (Å²) in [5.41, 5.74) is 0.672. The van der Waals surface area contributed by atoms with Crippen molar-refractivity contribution in [2.75, 3.05) is 5.32 Å². The van der Waals surface area contributed by atoms with Gasteiger partial charge in [0.25, 0.3) is 0 Å². The van der Waals surface area contributed by atoms with Crippen molar-refractivity contribution < 1.29 is 17.2 Å². The monoisotopic (exact) mass is 395 g/mol. The van der Waals surface area contributed by atoms with Crippen molar-refractivity contribution in [3.8, 4) is 0 Å².